The third-order valence-corrected chi connectivity index (χ3v) is 5.09. The molecule has 5 nitrogen and oxygen atoms in total. The molecule has 5 heteroatoms. The third-order valence-electron chi connectivity index (χ3n) is 5.09. The molecule has 0 bridgehead atoms. The fourth-order valence-electron chi connectivity index (χ4n) is 4.25. The molecule has 1 aliphatic rings. The Bertz CT molecular complexity index is 843. The highest BCUT2D eigenvalue weighted by Gasteiger charge is 2.37. The molecule has 27 heavy (non-hydrogen) atoms. The minimum absolute atomic E-state index is 0.132. The summed E-state index contributed by atoms with van der Waals surface area (Å²) in [7, 11) is 0. The molecule has 1 unspecified atom stereocenters. The van der Waals surface area contributed by atoms with E-state index in [9.17, 15) is 4.79 Å². The lowest BCUT2D eigenvalue weighted by Crippen LogP contribution is -2.51. The number of benzene rings is 1. The van der Waals surface area contributed by atoms with Crippen LogP contribution in [0.4, 0.5) is 5.69 Å². The van der Waals surface area contributed by atoms with Gasteiger partial charge in [-0.3, -0.25) is 9.78 Å². The predicted octanol–water partition coefficient (Wildman–Crippen LogP) is 4.35. The molecule has 0 spiro atoms. The maximum atomic E-state index is 12.0. The number of hydrogen-bond donors (Lipinski definition) is 1. The van der Waals surface area contributed by atoms with Crippen molar-refractivity contribution in [2.75, 3.05) is 4.90 Å². The van der Waals surface area contributed by atoms with Crippen LogP contribution in [0.5, 0.6) is 0 Å². The summed E-state index contributed by atoms with van der Waals surface area (Å²) in [5.74, 6) is 0.160. The molecule has 0 radical (unpaired) electrons. The highest BCUT2D eigenvalue weighted by atomic mass is 16.2. The molecule has 0 fully saturated rings. The number of hydrazone groups is 1. The van der Waals surface area contributed by atoms with Crippen LogP contribution in [0, 0.1) is 0 Å². The van der Waals surface area contributed by atoms with E-state index in [1.54, 1.807) is 30.6 Å². The second-order valence-electron chi connectivity index (χ2n) is 8.11. The molecule has 2 aromatic rings. The van der Waals surface area contributed by atoms with Crippen molar-refractivity contribution in [2.24, 2.45) is 5.10 Å². The Morgan fingerprint density at radius 1 is 1.33 bits per heavy atom. The Labute approximate surface area is 161 Å². The molecule has 1 N–H and O–H groups in total. The van der Waals surface area contributed by atoms with E-state index >= 15 is 0 Å². The van der Waals surface area contributed by atoms with Crippen molar-refractivity contribution in [3.05, 3.63) is 59.4 Å². The van der Waals surface area contributed by atoms with Crippen LogP contribution in [0.2, 0.25) is 0 Å². The van der Waals surface area contributed by atoms with E-state index in [-0.39, 0.29) is 11.4 Å². The van der Waals surface area contributed by atoms with Gasteiger partial charge in [0.05, 0.1) is 6.21 Å². The predicted molar refractivity (Wildman–Crippen MR) is 110 cm³/mol. The van der Waals surface area contributed by atoms with Crippen LogP contribution >= 0.6 is 0 Å². The number of nitrogens with zero attached hydrogens (tertiary/aromatic N) is 3. The minimum Gasteiger partial charge on any atom is -0.364 e. The van der Waals surface area contributed by atoms with Crippen molar-refractivity contribution in [3.8, 4) is 0 Å². The highest BCUT2D eigenvalue weighted by Crippen LogP contribution is 2.44. The van der Waals surface area contributed by atoms with Gasteiger partial charge in [0, 0.05) is 23.5 Å². The Morgan fingerprint density at radius 3 is 2.78 bits per heavy atom. The van der Waals surface area contributed by atoms with Crippen LogP contribution in [-0.4, -0.2) is 28.7 Å². The quantitative estimate of drug-likeness (QED) is 0.648. The monoisotopic (exact) mass is 364 g/mol. The van der Waals surface area contributed by atoms with Gasteiger partial charge in [-0.25, -0.2) is 5.43 Å². The number of anilines is 1. The maximum absolute atomic E-state index is 12.0. The van der Waals surface area contributed by atoms with Gasteiger partial charge in [0.1, 0.15) is 5.69 Å². The van der Waals surface area contributed by atoms with Gasteiger partial charge < -0.3 is 4.90 Å². The SMILES string of the molecule is CC1CC(C)(C)N(C(C)C)c2ccc(/C=N/NC(=O)c3ccccn3)cc21. The van der Waals surface area contributed by atoms with Crippen LogP contribution < -0.4 is 10.3 Å². The number of pyridine rings is 1. The lowest BCUT2D eigenvalue weighted by atomic mass is 9.79. The summed E-state index contributed by atoms with van der Waals surface area (Å²) in [6.45, 7) is 11.4. The molecule has 1 atom stereocenters. The summed E-state index contributed by atoms with van der Waals surface area (Å²) >= 11 is 0. The number of carbonyl (C=O) groups excluding carboxylic acids is 1. The van der Waals surface area contributed by atoms with Crippen molar-refractivity contribution < 1.29 is 4.79 Å². The average Bonchev–Trinajstić information content (AvgIpc) is 2.61. The summed E-state index contributed by atoms with van der Waals surface area (Å²) in [5.41, 5.74) is 6.63. The molecule has 2 heterocycles. The molecule has 142 valence electrons. The molecule has 1 aromatic heterocycles. The second kappa shape index (κ2) is 7.51. The molecule has 0 saturated heterocycles. The summed E-state index contributed by atoms with van der Waals surface area (Å²) < 4.78 is 0. The molecule has 1 aliphatic heterocycles. The first-order chi connectivity index (χ1) is 12.8. The van der Waals surface area contributed by atoms with Crippen molar-refractivity contribution in [3.63, 3.8) is 0 Å². The van der Waals surface area contributed by atoms with Crippen molar-refractivity contribution >= 4 is 17.8 Å². The molecule has 1 aromatic carbocycles. The van der Waals surface area contributed by atoms with Crippen molar-refractivity contribution in [1.29, 1.82) is 0 Å². The van der Waals surface area contributed by atoms with Gasteiger partial charge in [0.25, 0.3) is 5.91 Å². The Kier molecular flexibility index (Phi) is 5.31. The van der Waals surface area contributed by atoms with Gasteiger partial charge >= 0.3 is 0 Å². The maximum Gasteiger partial charge on any atom is 0.289 e. The number of carbonyl (C=O) groups is 1. The zero-order valence-corrected chi connectivity index (χ0v) is 16.7. The van der Waals surface area contributed by atoms with Gasteiger partial charge in [0.2, 0.25) is 0 Å². The number of aromatic nitrogens is 1. The fraction of sp³-hybridized carbons (Fsp3) is 0.409. The first kappa shape index (κ1) is 19.1. The van der Waals surface area contributed by atoms with E-state index in [1.807, 2.05) is 0 Å². The lowest BCUT2D eigenvalue weighted by molar-refractivity contribution is 0.0950. The van der Waals surface area contributed by atoms with Crippen molar-refractivity contribution in [2.45, 2.75) is 58.5 Å². The molecular formula is C22H28N4O. The van der Waals surface area contributed by atoms with Gasteiger partial charge in [-0.1, -0.05) is 19.1 Å². The number of amides is 1. The summed E-state index contributed by atoms with van der Waals surface area (Å²) in [5, 5.41) is 4.10. The topological polar surface area (TPSA) is 57.6 Å². The van der Waals surface area contributed by atoms with Crippen LogP contribution in [-0.2, 0) is 0 Å². The van der Waals surface area contributed by atoms with Crippen LogP contribution in [0.25, 0.3) is 0 Å². The average molecular weight is 364 g/mol. The fourth-order valence-corrected chi connectivity index (χ4v) is 4.25. The molecule has 3 rings (SSSR count). The first-order valence-corrected chi connectivity index (χ1v) is 9.47. The van der Waals surface area contributed by atoms with E-state index in [1.165, 1.54) is 11.3 Å². The Hall–Kier alpha value is -2.69. The normalized spacial score (nSPS) is 18.6. The van der Waals surface area contributed by atoms with Crippen LogP contribution in [0.3, 0.4) is 0 Å². The van der Waals surface area contributed by atoms with Crippen LogP contribution in [0.1, 0.15) is 68.6 Å². The van der Waals surface area contributed by atoms with E-state index in [0.29, 0.717) is 17.7 Å². The Balaban J connectivity index is 1.80. The van der Waals surface area contributed by atoms with E-state index in [4.69, 9.17) is 0 Å². The zero-order valence-electron chi connectivity index (χ0n) is 16.7. The number of fused-ring (bicyclic) bond motifs is 1. The number of nitrogens with one attached hydrogen (secondary N) is 1. The minimum atomic E-state index is -0.314. The number of hydrogen-bond acceptors (Lipinski definition) is 4. The van der Waals surface area contributed by atoms with E-state index in [2.05, 4.69) is 73.2 Å². The van der Waals surface area contributed by atoms with Crippen molar-refractivity contribution in [1.82, 2.24) is 10.4 Å². The molecule has 0 saturated carbocycles. The highest BCUT2D eigenvalue weighted by molar-refractivity contribution is 5.93. The van der Waals surface area contributed by atoms with E-state index < -0.39 is 0 Å². The van der Waals surface area contributed by atoms with Gasteiger partial charge in [-0.15, -0.1) is 0 Å². The lowest BCUT2D eigenvalue weighted by Gasteiger charge is -2.50. The smallest absolute Gasteiger partial charge is 0.289 e. The third kappa shape index (κ3) is 4.02. The van der Waals surface area contributed by atoms with Gasteiger partial charge in [0.15, 0.2) is 0 Å². The van der Waals surface area contributed by atoms with Crippen LogP contribution in [0.15, 0.2) is 47.7 Å². The largest absolute Gasteiger partial charge is 0.364 e. The second-order valence-corrected chi connectivity index (χ2v) is 8.11. The summed E-state index contributed by atoms with van der Waals surface area (Å²) in [6, 6.07) is 12.1. The van der Waals surface area contributed by atoms with E-state index in [0.717, 1.165) is 12.0 Å². The number of rotatable bonds is 4. The molecule has 1 amide bonds. The van der Waals surface area contributed by atoms with Gasteiger partial charge in [-0.2, -0.15) is 5.10 Å². The zero-order chi connectivity index (χ0) is 19.6. The molecule has 0 aliphatic carbocycles. The summed E-state index contributed by atoms with van der Waals surface area (Å²) in [4.78, 5) is 18.5. The first-order valence-electron chi connectivity index (χ1n) is 9.47. The summed E-state index contributed by atoms with van der Waals surface area (Å²) in [6.07, 6.45) is 4.38. The molecular weight excluding hydrogens is 336 g/mol. The Morgan fingerprint density at radius 2 is 2.11 bits per heavy atom. The standard InChI is InChI=1S/C22H28N4O/c1-15(2)26-20-10-9-17(12-18(20)16(3)13-22(26,4)5)14-24-25-21(27)19-8-6-7-11-23-19/h6-12,14-16H,13H2,1-5H3,(H,25,27)/b24-14+. The van der Waals surface area contributed by atoms with Gasteiger partial charge in [-0.05, 0) is 75.4 Å².